The molecule has 0 aromatic carbocycles. The highest BCUT2D eigenvalue weighted by molar-refractivity contribution is 5.20. The third-order valence-electron chi connectivity index (χ3n) is 3.49. The van der Waals surface area contributed by atoms with Crippen LogP contribution in [0.1, 0.15) is 12.8 Å². The Morgan fingerprint density at radius 1 is 1.57 bits per heavy atom. The smallest absolute Gasteiger partial charge is 0.306 e. The fraction of sp³-hybridized carbons (Fsp3) is 0.750. The lowest BCUT2D eigenvalue weighted by Crippen LogP contribution is -2.46. The van der Waals surface area contributed by atoms with Gasteiger partial charge in [0.1, 0.15) is 12.4 Å². The summed E-state index contributed by atoms with van der Waals surface area (Å²) in [5, 5.41) is 37.4. The molecule has 0 amide bonds. The number of aliphatic hydroxyl groups is 2. The topological polar surface area (TPSA) is 123 Å². The maximum absolute atomic E-state index is 10.5. The summed E-state index contributed by atoms with van der Waals surface area (Å²) in [7, 11) is 0. The van der Waals surface area contributed by atoms with E-state index in [1.807, 2.05) is 0 Å². The molecule has 1 aliphatic rings. The number of nitrogens with zero attached hydrogens (tertiary/aromatic N) is 3. The zero-order valence-electron chi connectivity index (χ0n) is 11.6. The van der Waals surface area contributed by atoms with E-state index in [4.69, 9.17) is 4.74 Å². The normalized spacial score (nSPS) is 19.3. The second-order valence-corrected chi connectivity index (χ2v) is 5.30. The van der Waals surface area contributed by atoms with E-state index in [0.29, 0.717) is 32.6 Å². The number of nitro groups is 1. The van der Waals surface area contributed by atoms with Crippen LogP contribution in [0.3, 0.4) is 0 Å². The molecule has 9 heteroatoms. The van der Waals surface area contributed by atoms with Gasteiger partial charge in [-0.15, -0.1) is 0 Å². The lowest BCUT2D eigenvalue weighted by atomic mass is 9.94. The van der Waals surface area contributed by atoms with Gasteiger partial charge in [-0.1, -0.05) is 0 Å². The molecule has 0 bridgehead atoms. The van der Waals surface area contributed by atoms with Gasteiger partial charge in [0.2, 0.25) is 0 Å². The van der Waals surface area contributed by atoms with Crippen LogP contribution in [0.15, 0.2) is 12.4 Å². The number of nitrogens with one attached hydrogen (secondary N) is 1. The van der Waals surface area contributed by atoms with Crippen molar-refractivity contribution in [3.05, 3.63) is 22.5 Å². The molecule has 0 spiro atoms. The van der Waals surface area contributed by atoms with Crippen molar-refractivity contribution in [3.63, 3.8) is 0 Å². The molecule has 1 aromatic rings. The molecule has 2 rings (SSSR count). The maximum Gasteiger partial charge on any atom is 0.306 e. The van der Waals surface area contributed by atoms with E-state index in [1.165, 1.54) is 10.9 Å². The summed E-state index contributed by atoms with van der Waals surface area (Å²) in [5.74, 6) is 0. The zero-order chi connectivity index (χ0) is 15.3. The lowest BCUT2D eigenvalue weighted by Gasteiger charge is -2.32. The first kappa shape index (κ1) is 15.8. The Balaban J connectivity index is 1.71. The predicted octanol–water partition coefficient (Wildman–Crippen LogP) is -0.717. The van der Waals surface area contributed by atoms with Crippen molar-refractivity contribution in [3.8, 4) is 0 Å². The van der Waals surface area contributed by atoms with Crippen LogP contribution in [0.25, 0.3) is 0 Å². The van der Waals surface area contributed by atoms with Crippen LogP contribution < -0.4 is 5.32 Å². The highest BCUT2D eigenvalue weighted by atomic mass is 16.6. The number of ether oxygens (including phenoxy) is 1. The molecule has 1 fully saturated rings. The molecule has 1 aliphatic heterocycles. The molecule has 0 aliphatic carbocycles. The molecule has 1 atom stereocenters. The first-order valence-corrected chi connectivity index (χ1v) is 6.84. The van der Waals surface area contributed by atoms with E-state index in [-0.39, 0.29) is 18.8 Å². The SMILES string of the molecule is O=[N+]([O-])c1cnn(CC(O)CNCC2(O)CCOCC2)c1. The quantitative estimate of drug-likeness (QED) is 0.448. The van der Waals surface area contributed by atoms with Gasteiger partial charge in [-0.2, -0.15) is 5.10 Å². The Morgan fingerprint density at radius 3 is 2.90 bits per heavy atom. The van der Waals surface area contributed by atoms with Crippen LogP contribution in [0.5, 0.6) is 0 Å². The summed E-state index contributed by atoms with van der Waals surface area (Å²) in [6.07, 6.45) is 2.82. The summed E-state index contributed by atoms with van der Waals surface area (Å²) in [6.45, 7) is 1.89. The fourth-order valence-electron chi connectivity index (χ4n) is 2.23. The first-order chi connectivity index (χ1) is 9.98. The summed E-state index contributed by atoms with van der Waals surface area (Å²) < 4.78 is 6.52. The molecule has 0 radical (unpaired) electrons. The van der Waals surface area contributed by atoms with Crippen LogP contribution in [0.2, 0.25) is 0 Å². The van der Waals surface area contributed by atoms with Crippen LogP contribution >= 0.6 is 0 Å². The molecular weight excluding hydrogens is 280 g/mol. The van der Waals surface area contributed by atoms with Crippen molar-refractivity contribution in [1.29, 1.82) is 0 Å². The zero-order valence-corrected chi connectivity index (χ0v) is 11.6. The van der Waals surface area contributed by atoms with Crippen LogP contribution in [-0.2, 0) is 11.3 Å². The molecule has 9 nitrogen and oxygen atoms in total. The van der Waals surface area contributed by atoms with Crippen LogP contribution in [0.4, 0.5) is 5.69 Å². The average Bonchev–Trinajstić information content (AvgIpc) is 2.88. The van der Waals surface area contributed by atoms with Gasteiger partial charge in [-0.25, -0.2) is 0 Å². The highest BCUT2D eigenvalue weighted by Crippen LogP contribution is 2.19. The number of aromatic nitrogens is 2. The molecule has 1 saturated heterocycles. The Hall–Kier alpha value is -1.55. The number of hydrogen-bond acceptors (Lipinski definition) is 7. The highest BCUT2D eigenvalue weighted by Gasteiger charge is 2.29. The minimum absolute atomic E-state index is 0.105. The third-order valence-corrected chi connectivity index (χ3v) is 3.49. The summed E-state index contributed by atoms with van der Waals surface area (Å²) in [6, 6.07) is 0. The molecule has 3 N–H and O–H groups in total. The number of aliphatic hydroxyl groups excluding tert-OH is 1. The first-order valence-electron chi connectivity index (χ1n) is 6.84. The van der Waals surface area contributed by atoms with Gasteiger partial charge in [0.05, 0.1) is 23.2 Å². The van der Waals surface area contributed by atoms with Crippen molar-refractivity contribution in [2.24, 2.45) is 0 Å². The van der Waals surface area contributed by atoms with E-state index in [0.717, 1.165) is 6.20 Å². The van der Waals surface area contributed by atoms with Gasteiger partial charge in [0.25, 0.3) is 0 Å². The number of hydrogen-bond donors (Lipinski definition) is 3. The maximum atomic E-state index is 10.5. The summed E-state index contributed by atoms with van der Waals surface area (Å²) in [4.78, 5) is 9.99. The van der Waals surface area contributed by atoms with Gasteiger partial charge in [0.15, 0.2) is 0 Å². The van der Waals surface area contributed by atoms with Gasteiger partial charge in [-0.05, 0) is 0 Å². The Bertz CT molecular complexity index is 472. The van der Waals surface area contributed by atoms with E-state index >= 15 is 0 Å². The van der Waals surface area contributed by atoms with E-state index in [9.17, 15) is 20.3 Å². The van der Waals surface area contributed by atoms with Gasteiger partial charge in [-0.3, -0.25) is 14.8 Å². The molecular formula is C12H20N4O5. The third kappa shape index (κ3) is 4.74. The predicted molar refractivity (Wildman–Crippen MR) is 72.8 cm³/mol. The molecule has 2 heterocycles. The van der Waals surface area contributed by atoms with Crippen molar-refractivity contribution in [1.82, 2.24) is 15.1 Å². The lowest BCUT2D eigenvalue weighted by molar-refractivity contribution is -0.385. The fourth-order valence-corrected chi connectivity index (χ4v) is 2.23. The standard InChI is InChI=1S/C12H20N4O5/c17-11(8-15-7-10(5-14-15)16(19)20)6-13-9-12(18)1-3-21-4-2-12/h5,7,11,13,17-18H,1-4,6,8-9H2. The molecule has 118 valence electrons. The Labute approximate surface area is 121 Å². The van der Waals surface area contributed by atoms with Crippen LogP contribution in [-0.4, -0.2) is 62.9 Å². The minimum Gasteiger partial charge on any atom is -0.390 e. The van der Waals surface area contributed by atoms with Crippen molar-refractivity contribution in [2.45, 2.75) is 31.1 Å². The van der Waals surface area contributed by atoms with E-state index in [1.54, 1.807) is 0 Å². The second-order valence-electron chi connectivity index (χ2n) is 5.30. The largest absolute Gasteiger partial charge is 0.390 e. The van der Waals surface area contributed by atoms with E-state index < -0.39 is 16.6 Å². The van der Waals surface area contributed by atoms with E-state index in [2.05, 4.69) is 10.4 Å². The molecule has 0 saturated carbocycles. The monoisotopic (exact) mass is 300 g/mol. The van der Waals surface area contributed by atoms with Gasteiger partial charge >= 0.3 is 5.69 Å². The molecule has 21 heavy (non-hydrogen) atoms. The summed E-state index contributed by atoms with van der Waals surface area (Å²) >= 11 is 0. The van der Waals surface area contributed by atoms with Crippen LogP contribution in [0, 0.1) is 10.1 Å². The van der Waals surface area contributed by atoms with Crippen molar-refractivity contribution >= 4 is 5.69 Å². The van der Waals surface area contributed by atoms with Crippen molar-refractivity contribution < 1.29 is 19.9 Å². The molecule has 1 aromatic heterocycles. The van der Waals surface area contributed by atoms with Gasteiger partial charge in [0, 0.05) is 39.1 Å². The Kier molecular flexibility index (Phi) is 5.23. The molecule has 1 unspecified atom stereocenters. The minimum atomic E-state index is -0.789. The second kappa shape index (κ2) is 6.94. The Morgan fingerprint density at radius 2 is 2.29 bits per heavy atom. The van der Waals surface area contributed by atoms with Gasteiger partial charge < -0.3 is 20.3 Å². The number of rotatable bonds is 7. The van der Waals surface area contributed by atoms with Crippen molar-refractivity contribution in [2.75, 3.05) is 26.3 Å². The average molecular weight is 300 g/mol. The summed E-state index contributed by atoms with van der Waals surface area (Å²) in [5.41, 5.74) is -0.894.